The van der Waals surface area contributed by atoms with Gasteiger partial charge in [-0.25, -0.2) is 0 Å². The molecule has 1 atom stereocenters. The molecule has 3 aliphatic rings. The summed E-state index contributed by atoms with van der Waals surface area (Å²) >= 11 is 1.40. The van der Waals surface area contributed by atoms with Crippen molar-refractivity contribution >= 4 is 27.5 Å². The van der Waals surface area contributed by atoms with Gasteiger partial charge in [0.25, 0.3) is 5.91 Å². The number of fused-ring (bicyclic) bond motifs is 4. The highest BCUT2D eigenvalue weighted by molar-refractivity contribution is 7.17. The van der Waals surface area contributed by atoms with E-state index in [4.69, 9.17) is 0 Å². The van der Waals surface area contributed by atoms with Gasteiger partial charge in [0.1, 0.15) is 5.56 Å². The first-order valence-corrected chi connectivity index (χ1v) is 8.61. The van der Waals surface area contributed by atoms with Crippen molar-refractivity contribution in [2.75, 3.05) is 19.6 Å². The van der Waals surface area contributed by atoms with Gasteiger partial charge in [0, 0.05) is 25.8 Å². The fraction of sp³-hybridized carbons (Fsp3) is 0.500. The van der Waals surface area contributed by atoms with Crippen molar-refractivity contribution in [3.05, 3.63) is 33.4 Å². The van der Waals surface area contributed by atoms with Gasteiger partial charge in [-0.3, -0.25) is 9.59 Å². The van der Waals surface area contributed by atoms with E-state index in [2.05, 4.69) is 10.2 Å². The van der Waals surface area contributed by atoms with Crippen molar-refractivity contribution < 1.29 is 4.79 Å². The van der Waals surface area contributed by atoms with Crippen LogP contribution in [0.3, 0.4) is 0 Å². The van der Waals surface area contributed by atoms with Crippen LogP contribution in [0.5, 0.6) is 0 Å². The van der Waals surface area contributed by atoms with Crippen molar-refractivity contribution in [3.8, 4) is 0 Å². The molecule has 1 N–H and O–H groups in total. The van der Waals surface area contributed by atoms with E-state index in [1.54, 1.807) is 6.20 Å². The summed E-state index contributed by atoms with van der Waals surface area (Å²) in [5.41, 5.74) is 0.991. The Morgan fingerprint density at radius 2 is 2.14 bits per heavy atom. The molecule has 3 aliphatic heterocycles. The monoisotopic (exact) mass is 317 g/mol. The Morgan fingerprint density at radius 3 is 2.82 bits per heavy atom. The second-order valence-electron chi connectivity index (χ2n) is 6.34. The molecule has 5 heterocycles. The predicted octanol–water partition coefficient (Wildman–Crippen LogP) is 1.42. The lowest BCUT2D eigenvalue weighted by molar-refractivity contribution is 0.0619. The molecule has 3 fully saturated rings. The second kappa shape index (κ2) is 5.21. The molecule has 0 radical (unpaired) electrons. The summed E-state index contributed by atoms with van der Waals surface area (Å²) in [5.74, 6) is 0.331. The van der Waals surface area contributed by atoms with Crippen LogP contribution in [0.15, 0.2) is 22.4 Å². The first-order chi connectivity index (χ1) is 10.6. The fourth-order valence-corrected chi connectivity index (χ4v) is 4.61. The highest BCUT2D eigenvalue weighted by Crippen LogP contribution is 2.27. The molecule has 22 heavy (non-hydrogen) atoms. The highest BCUT2D eigenvalue weighted by atomic mass is 32.1. The molecular formula is C16H19N3O2S. The summed E-state index contributed by atoms with van der Waals surface area (Å²) in [6.45, 7) is 3.19. The summed E-state index contributed by atoms with van der Waals surface area (Å²) < 4.78 is 2.52. The van der Waals surface area contributed by atoms with Crippen LogP contribution in [0.25, 0.3) is 10.2 Å². The lowest BCUT2D eigenvalue weighted by Gasteiger charge is -2.44. The Bertz CT molecular complexity index is 786. The van der Waals surface area contributed by atoms with Crippen LogP contribution in [-0.4, -0.2) is 41.1 Å². The van der Waals surface area contributed by atoms with Gasteiger partial charge in [-0.15, -0.1) is 11.3 Å². The quantitative estimate of drug-likeness (QED) is 0.911. The van der Waals surface area contributed by atoms with Crippen LogP contribution in [0.2, 0.25) is 0 Å². The highest BCUT2D eigenvalue weighted by Gasteiger charge is 2.35. The largest absolute Gasteiger partial charge is 0.349 e. The number of hydrogen-bond donors (Lipinski definition) is 1. The fourth-order valence-electron chi connectivity index (χ4n) is 3.73. The molecule has 1 amide bonds. The van der Waals surface area contributed by atoms with Crippen LogP contribution < -0.4 is 10.7 Å². The van der Waals surface area contributed by atoms with Gasteiger partial charge in [0.05, 0.1) is 10.2 Å². The van der Waals surface area contributed by atoms with E-state index in [0.717, 1.165) is 38.0 Å². The normalized spacial score (nSPS) is 27.2. The first kappa shape index (κ1) is 14.0. The molecule has 6 heteroatoms. The smallest absolute Gasteiger partial charge is 0.257 e. The third-order valence-corrected chi connectivity index (χ3v) is 5.92. The van der Waals surface area contributed by atoms with E-state index >= 15 is 0 Å². The van der Waals surface area contributed by atoms with E-state index < -0.39 is 0 Å². The minimum absolute atomic E-state index is 0.151. The predicted molar refractivity (Wildman–Crippen MR) is 87.5 cm³/mol. The Morgan fingerprint density at radius 1 is 1.36 bits per heavy atom. The standard InChI is InChI=1S/C16H19N3O2S/c1-18-8-11(14(20)15-13(18)4-7-22-15)16(21)17-12-9-19-5-2-10(12)3-6-19/h4,7-8,10,12H,2-3,5-6,9H2,1H3,(H,17,21). The number of rotatable bonds is 2. The van der Waals surface area contributed by atoms with Gasteiger partial charge in [-0.2, -0.15) is 0 Å². The molecule has 116 valence electrons. The SMILES string of the molecule is Cn1cc(C(=O)NC2CN3CCC2CC3)c(=O)c2sccc21. The maximum Gasteiger partial charge on any atom is 0.257 e. The Kier molecular flexibility index (Phi) is 3.31. The molecule has 0 saturated carbocycles. The zero-order chi connectivity index (χ0) is 15.3. The lowest BCUT2D eigenvalue weighted by Crippen LogP contribution is -2.57. The molecule has 2 aromatic rings. The maximum atomic E-state index is 12.6. The van der Waals surface area contributed by atoms with E-state index in [1.807, 2.05) is 23.1 Å². The number of carbonyl (C=O) groups is 1. The van der Waals surface area contributed by atoms with Crippen molar-refractivity contribution in [3.63, 3.8) is 0 Å². The van der Waals surface area contributed by atoms with Crippen molar-refractivity contribution in [1.82, 2.24) is 14.8 Å². The van der Waals surface area contributed by atoms with Gasteiger partial charge in [-0.05, 0) is 43.3 Å². The Labute approximate surface area is 132 Å². The molecule has 0 aromatic carbocycles. The average Bonchev–Trinajstić information content (AvgIpc) is 3.02. The molecule has 5 rings (SSSR count). The number of pyridine rings is 1. The van der Waals surface area contributed by atoms with Gasteiger partial charge in [0.15, 0.2) is 0 Å². The summed E-state index contributed by atoms with van der Waals surface area (Å²) in [4.78, 5) is 27.5. The molecule has 5 nitrogen and oxygen atoms in total. The molecule has 3 saturated heterocycles. The third-order valence-electron chi connectivity index (χ3n) is 5.02. The van der Waals surface area contributed by atoms with Crippen LogP contribution in [-0.2, 0) is 7.05 Å². The van der Waals surface area contributed by atoms with Crippen LogP contribution in [0, 0.1) is 5.92 Å². The number of carbonyl (C=O) groups excluding carboxylic acids is 1. The van der Waals surface area contributed by atoms with E-state index in [0.29, 0.717) is 10.6 Å². The summed E-state index contributed by atoms with van der Waals surface area (Å²) in [7, 11) is 1.87. The van der Waals surface area contributed by atoms with E-state index in [1.165, 1.54) is 11.3 Å². The van der Waals surface area contributed by atoms with Gasteiger partial charge in [-0.1, -0.05) is 0 Å². The molecule has 2 aromatic heterocycles. The second-order valence-corrected chi connectivity index (χ2v) is 7.25. The number of nitrogens with zero attached hydrogens (tertiary/aromatic N) is 2. The third kappa shape index (κ3) is 2.18. The minimum atomic E-state index is -0.227. The van der Waals surface area contributed by atoms with Gasteiger partial charge < -0.3 is 14.8 Å². The summed E-state index contributed by atoms with van der Waals surface area (Å²) in [5, 5.41) is 4.99. The average molecular weight is 317 g/mol. The number of aryl methyl sites for hydroxylation is 1. The number of nitrogens with one attached hydrogen (secondary N) is 1. The lowest BCUT2D eigenvalue weighted by atomic mass is 9.84. The molecular weight excluding hydrogens is 298 g/mol. The minimum Gasteiger partial charge on any atom is -0.349 e. The van der Waals surface area contributed by atoms with Crippen molar-refractivity contribution in [2.24, 2.45) is 13.0 Å². The van der Waals surface area contributed by atoms with Gasteiger partial charge >= 0.3 is 0 Å². The first-order valence-electron chi connectivity index (χ1n) is 7.73. The Balaban J connectivity index is 1.63. The number of amides is 1. The van der Waals surface area contributed by atoms with Crippen LogP contribution in [0.4, 0.5) is 0 Å². The summed E-state index contributed by atoms with van der Waals surface area (Å²) in [6, 6.07) is 2.09. The van der Waals surface area contributed by atoms with Crippen LogP contribution >= 0.6 is 11.3 Å². The zero-order valence-electron chi connectivity index (χ0n) is 12.5. The number of aromatic nitrogens is 1. The number of thiophene rings is 1. The van der Waals surface area contributed by atoms with Crippen molar-refractivity contribution in [1.29, 1.82) is 0 Å². The van der Waals surface area contributed by atoms with Crippen LogP contribution in [0.1, 0.15) is 23.2 Å². The Hall–Kier alpha value is -1.66. The number of piperidine rings is 3. The number of hydrogen-bond acceptors (Lipinski definition) is 4. The van der Waals surface area contributed by atoms with E-state index in [9.17, 15) is 9.59 Å². The molecule has 0 aliphatic carbocycles. The molecule has 0 spiro atoms. The summed E-state index contributed by atoms with van der Waals surface area (Å²) in [6.07, 6.45) is 3.95. The molecule has 1 unspecified atom stereocenters. The molecule has 2 bridgehead atoms. The zero-order valence-corrected chi connectivity index (χ0v) is 13.4. The van der Waals surface area contributed by atoms with Gasteiger partial charge in [0.2, 0.25) is 5.43 Å². The topological polar surface area (TPSA) is 54.3 Å². The van der Waals surface area contributed by atoms with E-state index in [-0.39, 0.29) is 22.9 Å². The maximum absolute atomic E-state index is 12.6. The van der Waals surface area contributed by atoms with Crippen molar-refractivity contribution in [2.45, 2.75) is 18.9 Å².